The molecule has 0 saturated heterocycles. The van der Waals surface area contributed by atoms with Crippen molar-refractivity contribution in [2.75, 3.05) is 16.6 Å². The van der Waals surface area contributed by atoms with Crippen LogP contribution in [-0.2, 0) is 21.2 Å². The van der Waals surface area contributed by atoms with E-state index in [2.05, 4.69) is 0 Å². The molecule has 92 valence electrons. The largest absolute Gasteiger partial charge is 0.480 e. The summed E-state index contributed by atoms with van der Waals surface area (Å²) in [6.45, 7) is 0.161. The standard InChI is InChI=1S/C10H10FNO4S/c11-8-2-1-7-3-4-12(9(7)5-8)17(15,16)6-10(13)14/h1-2,5H,3-4,6H2,(H,13,14). The SMILES string of the molecule is O=C(O)CS(=O)(=O)N1CCc2ccc(F)cc21. The summed E-state index contributed by atoms with van der Waals surface area (Å²) in [4.78, 5) is 10.5. The maximum Gasteiger partial charge on any atom is 0.320 e. The molecule has 0 spiro atoms. The fourth-order valence-corrected chi connectivity index (χ4v) is 3.15. The van der Waals surface area contributed by atoms with E-state index in [1.807, 2.05) is 0 Å². The number of hydrogen-bond donors (Lipinski definition) is 1. The van der Waals surface area contributed by atoms with Crippen LogP contribution in [-0.4, -0.2) is 31.8 Å². The van der Waals surface area contributed by atoms with Crippen molar-refractivity contribution >= 4 is 21.7 Å². The zero-order valence-corrected chi connectivity index (χ0v) is 9.58. The highest BCUT2D eigenvalue weighted by molar-refractivity contribution is 7.93. The molecule has 2 rings (SSSR count). The van der Waals surface area contributed by atoms with Gasteiger partial charge in [0.05, 0.1) is 5.69 Å². The van der Waals surface area contributed by atoms with Crippen molar-refractivity contribution in [2.24, 2.45) is 0 Å². The molecule has 0 bridgehead atoms. The van der Waals surface area contributed by atoms with Crippen molar-refractivity contribution in [3.05, 3.63) is 29.6 Å². The fraction of sp³-hybridized carbons (Fsp3) is 0.300. The van der Waals surface area contributed by atoms with Gasteiger partial charge in [0.2, 0.25) is 10.0 Å². The minimum Gasteiger partial charge on any atom is -0.480 e. The van der Waals surface area contributed by atoms with Gasteiger partial charge in [-0.3, -0.25) is 9.10 Å². The van der Waals surface area contributed by atoms with Crippen LogP contribution in [0.25, 0.3) is 0 Å². The average Bonchev–Trinajstić information content (AvgIpc) is 2.58. The molecule has 0 radical (unpaired) electrons. The Hall–Kier alpha value is -1.63. The molecule has 1 aromatic carbocycles. The third-order valence-electron chi connectivity index (χ3n) is 2.54. The summed E-state index contributed by atoms with van der Waals surface area (Å²) in [6.07, 6.45) is 0.467. The number of anilines is 1. The lowest BCUT2D eigenvalue weighted by Gasteiger charge is -2.18. The predicted molar refractivity (Wildman–Crippen MR) is 58.9 cm³/mol. The van der Waals surface area contributed by atoms with Crippen LogP contribution < -0.4 is 4.31 Å². The molecule has 1 heterocycles. The molecule has 5 nitrogen and oxygen atoms in total. The van der Waals surface area contributed by atoms with Crippen LogP contribution in [0.4, 0.5) is 10.1 Å². The molecule has 0 saturated carbocycles. The number of carboxylic acid groups (broad SMARTS) is 1. The number of carboxylic acids is 1. The van der Waals surface area contributed by atoms with Crippen molar-refractivity contribution in [1.82, 2.24) is 0 Å². The van der Waals surface area contributed by atoms with Crippen LogP contribution in [0.1, 0.15) is 5.56 Å². The summed E-state index contributed by atoms with van der Waals surface area (Å²) in [5.74, 6) is -2.95. The topological polar surface area (TPSA) is 74.7 Å². The summed E-state index contributed by atoms with van der Waals surface area (Å²) >= 11 is 0. The molecule has 1 aliphatic heterocycles. The van der Waals surface area contributed by atoms with E-state index in [0.29, 0.717) is 12.0 Å². The normalized spacial score (nSPS) is 14.8. The van der Waals surface area contributed by atoms with Crippen molar-refractivity contribution < 1.29 is 22.7 Å². The number of fused-ring (bicyclic) bond motifs is 1. The van der Waals surface area contributed by atoms with Gasteiger partial charge in [0, 0.05) is 6.54 Å². The predicted octanol–water partition coefficient (Wildman–Crippen LogP) is 0.603. The first-order valence-corrected chi connectivity index (χ1v) is 6.52. The Labute approximate surface area is 97.5 Å². The highest BCUT2D eigenvalue weighted by Crippen LogP contribution is 2.30. The number of hydrogen-bond acceptors (Lipinski definition) is 3. The van der Waals surface area contributed by atoms with Crippen LogP contribution >= 0.6 is 0 Å². The Bertz CT molecular complexity index is 570. The highest BCUT2D eigenvalue weighted by atomic mass is 32.2. The van der Waals surface area contributed by atoms with E-state index < -0.39 is 27.6 Å². The van der Waals surface area contributed by atoms with E-state index in [1.165, 1.54) is 12.1 Å². The minimum atomic E-state index is -3.92. The van der Waals surface area contributed by atoms with E-state index >= 15 is 0 Å². The first-order valence-electron chi connectivity index (χ1n) is 4.91. The van der Waals surface area contributed by atoms with Gasteiger partial charge in [0.1, 0.15) is 5.82 Å². The number of carbonyl (C=O) groups is 1. The van der Waals surface area contributed by atoms with Crippen molar-refractivity contribution in [1.29, 1.82) is 0 Å². The molecular formula is C10H10FNO4S. The maximum atomic E-state index is 13.0. The summed E-state index contributed by atoms with van der Waals surface area (Å²) in [5.41, 5.74) is 0.951. The van der Waals surface area contributed by atoms with Gasteiger partial charge in [-0.1, -0.05) is 6.07 Å². The number of benzene rings is 1. The lowest BCUT2D eigenvalue weighted by Crippen LogP contribution is -2.34. The molecule has 0 amide bonds. The molecule has 1 aromatic rings. The number of halogens is 1. The Kier molecular flexibility index (Phi) is 2.78. The third-order valence-corrected chi connectivity index (χ3v) is 4.20. The molecule has 1 aliphatic rings. The molecule has 7 heteroatoms. The molecule has 0 atom stereocenters. The fourth-order valence-electron chi connectivity index (χ4n) is 1.85. The van der Waals surface area contributed by atoms with Crippen LogP contribution in [0.5, 0.6) is 0 Å². The van der Waals surface area contributed by atoms with Gasteiger partial charge < -0.3 is 5.11 Å². The van der Waals surface area contributed by atoms with E-state index in [4.69, 9.17) is 5.11 Å². The molecule has 17 heavy (non-hydrogen) atoms. The smallest absolute Gasteiger partial charge is 0.320 e. The van der Waals surface area contributed by atoms with Gasteiger partial charge in [-0.2, -0.15) is 0 Å². The summed E-state index contributed by atoms with van der Waals surface area (Å²) in [5, 5.41) is 8.53. The molecule has 0 aliphatic carbocycles. The van der Waals surface area contributed by atoms with Gasteiger partial charge in [0.15, 0.2) is 5.75 Å². The molecule has 1 N–H and O–H groups in total. The first-order chi connectivity index (χ1) is 7.90. The van der Waals surface area contributed by atoms with Crippen LogP contribution in [0.15, 0.2) is 18.2 Å². The lowest BCUT2D eigenvalue weighted by atomic mass is 10.2. The van der Waals surface area contributed by atoms with Crippen molar-refractivity contribution in [2.45, 2.75) is 6.42 Å². The Balaban J connectivity index is 2.40. The summed E-state index contributed by atoms with van der Waals surface area (Å²) in [7, 11) is -3.92. The number of sulfonamides is 1. The zero-order valence-electron chi connectivity index (χ0n) is 8.76. The lowest BCUT2D eigenvalue weighted by molar-refractivity contribution is -0.134. The van der Waals surface area contributed by atoms with Gasteiger partial charge in [0.25, 0.3) is 0 Å². The molecule has 0 fully saturated rings. The number of nitrogens with zero attached hydrogens (tertiary/aromatic N) is 1. The van der Waals surface area contributed by atoms with Crippen LogP contribution in [0.3, 0.4) is 0 Å². The van der Waals surface area contributed by atoms with Crippen LogP contribution in [0.2, 0.25) is 0 Å². The van der Waals surface area contributed by atoms with Gasteiger partial charge in [-0.25, -0.2) is 12.8 Å². The van der Waals surface area contributed by atoms with Crippen LogP contribution in [0, 0.1) is 5.82 Å². The monoisotopic (exact) mass is 259 g/mol. The second-order valence-corrected chi connectivity index (χ2v) is 5.64. The van der Waals surface area contributed by atoms with E-state index in [1.54, 1.807) is 0 Å². The van der Waals surface area contributed by atoms with Gasteiger partial charge >= 0.3 is 5.97 Å². The molecule has 0 aromatic heterocycles. The maximum absolute atomic E-state index is 13.0. The third kappa shape index (κ3) is 2.23. The first kappa shape index (κ1) is 11.8. The quantitative estimate of drug-likeness (QED) is 0.862. The van der Waals surface area contributed by atoms with Crippen molar-refractivity contribution in [3.8, 4) is 0 Å². The second kappa shape index (κ2) is 3.99. The minimum absolute atomic E-state index is 0.161. The summed E-state index contributed by atoms with van der Waals surface area (Å²) < 4.78 is 37.5. The van der Waals surface area contributed by atoms with Gasteiger partial charge in [-0.05, 0) is 24.1 Å². The molecule has 0 unspecified atom stereocenters. The highest BCUT2D eigenvalue weighted by Gasteiger charge is 2.31. The average molecular weight is 259 g/mol. The summed E-state index contributed by atoms with van der Waals surface area (Å²) in [6, 6.07) is 3.88. The van der Waals surface area contributed by atoms with Crippen molar-refractivity contribution in [3.63, 3.8) is 0 Å². The zero-order chi connectivity index (χ0) is 12.6. The van der Waals surface area contributed by atoms with E-state index in [0.717, 1.165) is 10.4 Å². The second-order valence-electron chi connectivity index (χ2n) is 3.75. The Morgan fingerprint density at radius 2 is 2.18 bits per heavy atom. The Morgan fingerprint density at radius 3 is 2.82 bits per heavy atom. The van der Waals surface area contributed by atoms with E-state index in [-0.39, 0.29) is 12.2 Å². The number of rotatable bonds is 3. The van der Waals surface area contributed by atoms with E-state index in [9.17, 15) is 17.6 Å². The Morgan fingerprint density at radius 1 is 1.47 bits per heavy atom. The van der Waals surface area contributed by atoms with Gasteiger partial charge in [-0.15, -0.1) is 0 Å². The molecular weight excluding hydrogens is 249 g/mol. The number of aliphatic carboxylic acids is 1.